The van der Waals surface area contributed by atoms with Crippen LogP contribution < -0.4 is 10.2 Å². The molecule has 1 N–H and O–H groups in total. The van der Waals surface area contributed by atoms with Gasteiger partial charge >= 0.3 is 0 Å². The van der Waals surface area contributed by atoms with Gasteiger partial charge in [-0.05, 0) is 48.5 Å². The maximum Gasteiger partial charge on any atom is 0.262 e. The quantitative estimate of drug-likeness (QED) is 0.796. The summed E-state index contributed by atoms with van der Waals surface area (Å²) >= 11 is 0. The van der Waals surface area contributed by atoms with Crippen molar-refractivity contribution in [2.75, 3.05) is 10.2 Å². The Labute approximate surface area is 145 Å². The predicted octanol–water partition coefficient (Wildman–Crippen LogP) is 3.72. The molecular weight excluding hydrogens is 312 g/mol. The number of hydrogen-bond donors (Lipinski definition) is 1. The van der Waals surface area contributed by atoms with Crippen LogP contribution in [0.4, 0.5) is 11.4 Å². The zero-order valence-corrected chi connectivity index (χ0v) is 13.3. The first-order valence-corrected chi connectivity index (χ1v) is 7.88. The molecule has 5 nitrogen and oxygen atoms in total. The van der Waals surface area contributed by atoms with Crippen LogP contribution in [0.2, 0.25) is 0 Å². The topological polar surface area (TPSA) is 69.0 Å². The lowest BCUT2D eigenvalue weighted by Crippen LogP contribution is -2.32. The molecule has 1 aromatic heterocycles. The number of nitrogens with zero attached hydrogens (tertiary/aromatic N) is 3. The number of carbonyl (C=O) groups excluding carboxylic acids is 1. The number of carbonyl (C=O) groups is 1. The summed E-state index contributed by atoms with van der Waals surface area (Å²) in [6.07, 6.45) is 1.28. The van der Waals surface area contributed by atoms with Crippen molar-refractivity contribution >= 4 is 17.3 Å². The number of amides is 1. The molecule has 5 heteroatoms. The Hall–Kier alpha value is -3.65. The average Bonchev–Trinajstić information content (AvgIpc) is 2.95. The Balaban J connectivity index is 1.75. The zero-order valence-electron chi connectivity index (χ0n) is 13.3. The molecule has 1 amide bonds. The van der Waals surface area contributed by atoms with Gasteiger partial charge in [0, 0.05) is 17.6 Å². The zero-order chi connectivity index (χ0) is 17.2. The number of benzene rings is 2. The van der Waals surface area contributed by atoms with Crippen molar-refractivity contribution in [3.05, 3.63) is 89.7 Å². The van der Waals surface area contributed by atoms with Crippen molar-refractivity contribution in [1.82, 2.24) is 4.98 Å². The number of nitrogens with one attached hydrogen (secondary N) is 1. The minimum absolute atomic E-state index is 0.0829. The van der Waals surface area contributed by atoms with E-state index in [-0.39, 0.29) is 5.91 Å². The first kappa shape index (κ1) is 14.9. The fraction of sp³-hybridized carbons (Fsp3) is 0.0500. The summed E-state index contributed by atoms with van der Waals surface area (Å²) in [5.74, 6) is -0.0829. The molecule has 0 bridgehead atoms. The Kier molecular flexibility index (Phi) is 3.64. The van der Waals surface area contributed by atoms with Gasteiger partial charge in [0.15, 0.2) is 6.17 Å². The van der Waals surface area contributed by atoms with Crippen LogP contribution in [0, 0.1) is 11.3 Å². The summed E-state index contributed by atoms with van der Waals surface area (Å²) in [5, 5.41) is 12.3. The molecular formula is C20H14N4O. The summed E-state index contributed by atoms with van der Waals surface area (Å²) in [4.78, 5) is 19.0. The molecule has 4 rings (SSSR count). The third-order valence-electron chi connectivity index (χ3n) is 4.16. The number of pyridine rings is 1. The van der Waals surface area contributed by atoms with Crippen molar-refractivity contribution < 1.29 is 4.79 Å². The third-order valence-corrected chi connectivity index (χ3v) is 4.16. The molecule has 0 radical (unpaired) electrons. The van der Waals surface area contributed by atoms with Crippen LogP contribution in [0.3, 0.4) is 0 Å². The molecule has 1 aliphatic heterocycles. The number of para-hydroxylation sites is 1. The van der Waals surface area contributed by atoms with E-state index in [4.69, 9.17) is 5.26 Å². The molecule has 120 valence electrons. The maximum atomic E-state index is 12.9. The lowest BCUT2D eigenvalue weighted by molar-refractivity contribution is 0.0993. The number of hydrogen-bond acceptors (Lipinski definition) is 4. The van der Waals surface area contributed by atoms with Gasteiger partial charge in [0.25, 0.3) is 5.91 Å². The van der Waals surface area contributed by atoms with E-state index in [1.807, 2.05) is 42.5 Å². The fourth-order valence-corrected chi connectivity index (χ4v) is 2.97. The third kappa shape index (κ3) is 2.60. The molecule has 1 atom stereocenters. The first-order valence-electron chi connectivity index (χ1n) is 7.88. The second kappa shape index (κ2) is 6.10. The highest BCUT2D eigenvalue weighted by Gasteiger charge is 2.38. The Morgan fingerprint density at radius 2 is 1.76 bits per heavy atom. The van der Waals surface area contributed by atoms with Crippen molar-refractivity contribution in [1.29, 1.82) is 5.26 Å². The molecule has 3 aromatic rings. The van der Waals surface area contributed by atoms with Crippen molar-refractivity contribution in [2.45, 2.75) is 6.17 Å². The molecule has 1 unspecified atom stereocenters. The molecule has 0 spiro atoms. The summed E-state index contributed by atoms with van der Waals surface area (Å²) in [6.45, 7) is 0. The van der Waals surface area contributed by atoms with Crippen molar-refractivity contribution in [3.8, 4) is 6.07 Å². The van der Waals surface area contributed by atoms with E-state index in [0.717, 1.165) is 11.4 Å². The number of anilines is 2. The Morgan fingerprint density at radius 3 is 2.48 bits per heavy atom. The smallest absolute Gasteiger partial charge is 0.262 e. The second-order valence-corrected chi connectivity index (χ2v) is 5.68. The summed E-state index contributed by atoms with van der Waals surface area (Å²) in [5.41, 5.74) is 3.50. The molecule has 1 aliphatic rings. The largest absolute Gasteiger partial charge is 0.360 e. The van der Waals surface area contributed by atoms with Gasteiger partial charge in [0.2, 0.25) is 0 Å². The average molecular weight is 326 g/mol. The first-order chi connectivity index (χ1) is 12.3. The Morgan fingerprint density at radius 1 is 1.00 bits per heavy atom. The predicted molar refractivity (Wildman–Crippen MR) is 95.0 cm³/mol. The monoisotopic (exact) mass is 326 g/mol. The summed E-state index contributed by atoms with van der Waals surface area (Å²) in [6, 6.07) is 22.3. The number of fused-ring (bicyclic) bond motifs is 1. The van der Waals surface area contributed by atoms with Crippen LogP contribution in [0.5, 0.6) is 0 Å². The Bertz CT molecular complexity index is 961. The van der Waals surface area contributed by atoms with Gasteiger partial charge < -0.3 is 5.32 Å². The lowest BCUT2D eigenvalue weighted by Gasteiger charge is -2.26. The van der Waals surface area contributed by atoms with Gasteiger partial charge in [0.05, 0.1) is 22.9 Å². The van der Waals surface area contributed by atoms with E-state index < -0.39 is 6.17 Å². The minimum atomic E-state index is -0.404. The SMILES string of the molecule is N#Cc1ccc(NC2c3ncccc3C(=O)N2c2ccccc2)cc1. The highest BCUT2D eigenvalue weighted by Crippen LogP contribution is 2.36. The number of rotatable bonds is 3. The number of aromatic nitrogens is 1. The van der Waals surface area contributed by atoms with Crippen LogP contribution >= 0.6 is 0 Å². The molecule has 2 aromatic carbocycles. The van der Waals surface area contributed by atoms with Crippen LogP contribution in [0.25, 0.3) is 0 Å². The molecule has 0 saturated heterocycles. The van der Waals surface area contributed by atoms with Gasteiger partial charge in [-0.2, -0.15) is 5.26 Å². The molecule has 0 aliphatic carbocycles. The standard InChI is InChI=1S/C20H14N4O/c21-13-14-8-10-15(11-9-14)23-19-18-17(7-4-12-22-18)20(25)24(19)16-5-2-1-3-6-16/h1-12,19,23H. The van der Waals surface area contributed by atoms with Gasteiger partial charge in [-0.1, -0.05) is 18.2 Å². The summed E-state index contributed by atoms with van der Waals surface area (Å²) < 4.78 is 0. The normalized spacial score (nSPS) is 15.6. The summed E-state index contributed by atoms with van der Waals surface area (Å²) in [7, 11) is 0. The highest BCUT2D eigenvalue weighted by molar-refractivity contribution is 6.11. The fourth-order valence-electron chi connectivity index (χ4n) is 2.97. The minimum Gasteiger partial charge on any atom is -0.360 e. The van der Waals surface area contributed by atoms with Gasteiger partial charge in [-0.25, -0.2) is 0 Å². The van der Waals surface area contributed by atoms with Gasteiger partial charge in [-0.3, -0.25) is 14.7 Å². The molecule has 0 saturated carbocycles. The van der Waals surface area contributed by atoms with E-state index in [9.17, 15) is 4.79 Å². The van der Waals surface area contributed by atoms with Gasteiger partial charge in [0.1, 0.15) is 0 Å². The van der Waals surface area contributed by atoms with E-state index in [0.29, 0.717) is 16.8 Å². The maximum absolute atomic E-state index is 12.9. The molecule has 2 heterocycles. The van der Waals surface area contributed by atoms with Gasteiger partial charge in [-0.15, -0.1) is 0 Å². The van der Waals surface area contributed by atoms with E-state index >= 15 is 0 Å². The second-order valence-electron chi connectivity index (χ2n) is 5.68. The van der Waals surface area contributed by atoms with Crippen LogP contribution in [-0.4, -0.2) is 10.9 Å². The van der Waals surface area contributed by atoms with Crippen molar-refractivity contribution in [2.24, 2.45) is 0 Å². The van der Waals surface area contributed by atoms with Crippen LogP contribution in [-0.2, 0) is 0 Å². The molecule has 25 heavy (non-hydrogen) atoms. The van der Waals surface area contributed by atoms with E-state index in [1.54, 1.807) is 35.4 Å². The van der Waals surface area contributed by atoms with E-state index in [2.05, 4.69) is 16.4 Å². The van der Waals surface area contributed by atoms with E-state index in [1.165, 1.54) is 0 Å². The van der Waals surface area contributed by atoms with Crippen molar-refractivity contribution in [3.63, 3.8) is 0 Å². The van der Waals surface area contributed by atoms with Crippen LogP contribution in [0.1, 0.15) is 27.8 Å². The molecule has 0 fully saturated rings. The lowest BCUT2D eigenvalue weighted by atomic mass is 10.2. The highest BCUT2D eigenvalue weighted by atomic mass is 16.2. The number of nitriles is 1. The van der Waals surface area contributed by atoms with Crippen LogP contribution in [0.15, 0.2) is 72.9 Å².